The van der Waals surface area contributed by atoms with Crippen molar-refractivity contribution in [2.24, 2.45) is 0 Å². The molecule has 2 unspecified atom stereocenters. The maximum atomic E-state index is 10.3. The van der Waals surface area contributed by atoms with Crippen LogP contribution in [0.5, 0.6) is 0 Å². The van der Waals surface area contributed by atoms with Gasteiger partial charge in [-0.15, -0.1) is 0 Å². The minimum atomic E-state index is -0.775. The van der Waals surface area contributed by atoms with Crippen LogP contribution in [0.25, 0.3) is 0 Å². The third kappa shape index (κ3) is 2.53. The van der Waals surface area contributed by atoms with Crippen LogP contribution >= 0.6 is 15.9 Å². The molecule has 1 aromatic rings. The number of ether oxygens (including phenoxy) is 1. The van der Waals surface area contributed by atoms with E-state index in [1.54, 1.807) is 12.4 Å². The molecule has 1 aliphatic heterocycles. The van der Waals surface area contributed by atoms with Crippen molar-refractivity contribution in [2.75, 3.05) is 18.5 Å². The zero-order valence-corrected chi connectivity index (χ0v) is 10.7. The third-order valence-corrected chi connectivity index (χ3v) is 3.40. The summed E-state index contributed by atoms with van der Waals surface area (Å²) in [6.45, 7) is 3.00. The van der Waals surface area contributed by atoms with Gasteiger partial charge in [0.2, 0.25) is 0 Å². The van der Waals surface area contributed by atoms with Gasteiger partial charge in [-0.25, -0.2) is 0 Å². The number of pyridine rings is 1. The lowest BCUT2D eigenvalue weighted by Gasteiger charge is -2.26. The van der Waals surface area contributed by atoms with Gasteiger partial charge in [-0.3, -0.25) is 4.98 Å². The number of hydrogen-bond donors (Lipinski definition) is 2. The van der Waals surface area contributed by atoms with Crippen molar-refractivity contribution in [1.82, 2.24) is 4.98 Å². The highest BCUT2D eigenvalue weighted by atomic mass is 79.9. The van der Waals surface area contributed by atoms with Crippen LogP contribution in [0.1, 0.15) is 13.3 Å². The molecule has 0 radical (unpaired) electrons. The van der Waals surface area contributed by atoms with Crippen LogP contribution in [0, 0.1) is 0 Å². The largest absolute Gasteiger partial charge is 0.385 e. The van der Waals surface area contributed by atoms with Gasteiger partial charge in [-0.2, -0.15) is 0 Å². The van der Waals surface area contributed by atoms with Gasteiger partial charge in [0.25, 0.3) is 0 Å². The van der Waals surface area contributed by atoms with Crippen molar-refractivity contribution in [3.63, 3.8) is 0 Å². The first-order valence-corrected chi connectivity index (χ1v) is 6.08. The summed E-state index contributed by atoms with van der Waals surface area (Å²) in [6, 6.07) is 1.93. The number of nitrogens with one attached hydrogen (secondary N) is 1. The summed E-state index contributed by atoms with van der Waals surface area (Å²) >= 11 is 3.35. The van der Waals surface area contributed by atoms with E-state index in [0.717, 1.165) is 10.2 Å². The normalized spacial score (nSPS) is 29.3. The highest BCUT2D eigenvalue weighted by molar-refractivity contribution is 9.10. The predicted octanol–water partition coefficient (Wildman–Crippen LogP) is 1.80. The Bertz CT molecular complexity index is 375. The second kappa shape index (κ2) is 4.69. The lowest BCUT2D eigenvalue weighted by Crippen LogP contribution is -2.43. The number of nitrogens with zero attached hydrogens (tertiary/aromatic N) is 1. The Hall–Kier alpha value is -0.650. The standard InChI is InChI=1S/C11H15BrN2O2/c1-8-11(15,2-3-16-8)7-14-10-4-9(12)5-13-6-10/h4-6,8,14-15H,2-3,7H2,1H3. The molecule has 1 aliphatic rings. The fourth-order valence-electron chi connectivity index (χ4n) is 1.77. The third-order valence-electron chi connectivity index (χ3n) is 2.96. The average Bonchev–Trinajstić information content (AvgIpc) is 2.58. The number of rotatable bonds is 3. The van der Waals surface area contributed by atoms with Gasteiger partial charge >= 0.3 is 0 Å². The maximum Gasteiger partial charge on any atom is 0.110 e. The summed E-state index contributed by atoms with van der Waals surface area (Å²) in [5.74, 6) is 0. The van der Waals surface area contributed by atoms with Crippen LogP contribution in [0.4, 0.5) is 5.69 Å². The molecule has 88 valence electrons. The van der Waals surface area contributed by atoms with E-state index in [0.29, 0.717) is 19.6 Å². The molecule has 5 heteroatoms. The molecule has 1 saturated heterocycles. The number of halogens is 1. The zero-order valence-electron chi connectivity index (χ0n) is 9.11. The van der Waals surface area contributed by atoms with Crippen LogP contribution in [0.3, 0.4) is 0 Å². The van der Waals surface area contributed by atoms with E-state index in [2.05, 4.69) is 26.2 Å². The topological polar surface area (TPSA) is 54.4 Å². The minimum absolute atomic E-state index is 0.125. The molecule has 0 amide bonds. The first kappa shape index (κ1) is 11.8. The maximum absolute atomic E-state index is 10.3. The fraction of sp³-hybridized carbons (Fsp3) is 0.545. The minimum Gasteiger partial charge on any atom is -0.385 e. The highest BCUT2D eigenvalue weighted by Gasteiger charge is 2.39. The smallest absolute Gasteiger partial charge is 0.110 e. The Labute approximate surface area is 103 Å². The van der Waals surface area contributed by atoms with Crippen molar-refractivity contribution in [3.8, 4) is 0 Å². The molecule has 1 fully saturated rings. The van der Waals surface area contributed by atoms with Gasteiger partial charge in [0, 0.05) is 30.2 Å². The SMILES string of the molecule is CC1OCCC1(O)CNc1cncc(Br)c1. The lowest BCUT2D eigenvalue weighted by molar-refractivity contribution is -0.0175. The van der Waals surface area contributed by atoms with Crippen LogP contribution in [-0.2, 0) is 4.74 Å². The van der Waals surface area contributed by atoms with Crippen LogP contribution in [0.15, 0.2) is 22.9 Å². The molecule has 0 aromatic carbocycles. The van der Waals surface area contributed by atoms with E-state index in [9.17, 15) is 5.11 Å². The Morgan fingerprint density at radius 3 is 3.12 bits per heavy atom. The Balaban J connectivity index is 1.97. The Morgan fingerprint density at radius 2 is 2.50 bits per heavy atom. The summed E-state index contributed by atoms with van der Waals surface area (Å²) in [4.78, 5) is 4.05. The van der Waals surface area contributed by atoms with Gasteiger partial charge in [0.15, 0.2) is 0 Å². The highest BCUT2D eigenvalue weighted by Crippen LogP contribution is 2.26. The van der Waals surface area contributed by atoms with E-state index in [1.165, 1.54) is 0 Å². The van der Waals surface area contributed by atoms with Gasteiger partial charge in [-0.05, 0) is 28.9 Å². The second-order valence-corrected chi connectivity index (χ2v) is 5.03. The van der Waals surface area contributed by atoms with Gasteiger partial charge in [0.05, 0.1) is 18.0 Å². The molecule has 2 atom stereocenters. The van der Waals surface area contributed by atoms with Crippen molar-refractivity contribution < 1.29 is 9.84 Å². The monoisotopic (exact) mass is 286 g/mol. The molecule has 4 nitrogen and oxygen atoms in total. The molecule has 16 heavy (non-hydrogen) atoms. The van der Waals surface area contributed by atoms with E-state index in [4.69, 9.17) is 4.74 Å². The molecule has 0 aliphatic carbocycles. The molecular weight excluding hydrogens is 272 g/mol. The van der Waals surface area contributed by atoms with Crippen molar-refractivity contribution >= 4 is 21.6 Å². The summed E-state index contributed by atoms with van der Waals surface area (Å²) in [7, 11) is 0. The predicted molar refractivity (Wildman–Crippen MR) is 65.4 cm³/mol. The summed E-state index contributed by atoms with van der Waals surface area (Å²) in [5, 5.41) is 13.4. The summed E-state index contributed by atoms with van der Waals surface area (Å²) in [6.07, 6.45) is 4.00. The Morgan fingerprint density at radius 1 is 1.69 bits per heavy atom. The van der Waals surface area contributed by atoms with Crippen LogP contribution in [-0.4, -0.2) is 34.9 Å². The van der Waals surface area contributed by atoms with Crippen molar-refractivity contribution in [2.45, 2.75) is 25.0 Å². The van der Waals surface area contributed by atoms with Gasteiger partial charge in [0.1, 0.15) is 5.60 Å². The molecule has 0 spiro atoms. The Kier molecular flexibility index (Phi) is 3.47. The number of aliphatic hydroxyl groups is 1. The lowest BCUT2D eigenvalue weighted by atomic mass is 9.97. The number of aromatic nitrogens is 1. The van der Waals surface area contributed by atoms with Crippen LogP contribution in [0.2, 0.25) is 0 Å². The number of anilines is 1. The first-order valence-electron chi connectivity index (χ1n) is 5.28. The van der Waals surface area contributed by atoms with Gasteiger partial charge in [-0.1, -0.05) is 0 Å². The average molecular weight is 287 g/mol. The van der Waals surface area contributed by atoms with Crippen LogP contribution < -0.4 is 5.32 Å². The van der Waals surface area contributed by atoms with E-state index < -0.39 is 5.60 Å². The second-order valence-electron chi connectivity index (χ2n) is 4.11. The van der Waals surface area contributed by atoms with Crippen molar-refractivity contribution in [3.05, 3.63) is 22.9 Å². The number of hydrogen-bond acceptors (Lipinski definition) is 4. The molecule has 0 bridgehead atoms. The molecule has 2 heterocycles. The van der Waals surface area contributed by atoms with Crippen molar-refractivity contribution in [1.29, 1.82) is 0 Å². The molecule has 0 saturated carbocycles. The molecular formula is C11H15BrN2O2. The van der Waals surface area contributed by atoms with Gasteiger partial charge < -0.3 is 15.2 Å². The summed E-state index contributed by atoms with van der Waals surface area (Å²) < 4.78 is 6.28. The summed E-state index contributed by atoms with van der Waals surface area (Å²) in [5.41, 5.74) is 0.115. The molecule has 1 aromatic heterocycles. The first-order chi connectivity index (χ1) is 7.60. The molecule has 2 rings (SSSR count). The van der Waals surface area contributed by atoms with E-state index >= 15 is 0 Å². The molecule has 2 N–H and O–H groups in total. The van der Waals surface area contributed by atoms with E-state index in [1.807, 2.05) is 13.0 Å². The van der Waals surface area contributed by atoms with E-state index in [-0.39, 0.29) is 6.10 Å². The fourth-order valence-corrected chi connectivity index (χ4v) is 2.13. The quantitative estimate of drug-likeness (QED) is 0.890. The zero-order chi connectivity index (χ0) is 11.6.